The Hall–Kier alpha value is -2.91. The molecule has 0 bridgehead atoms. The van der Waals surface area contributed by atoms with Gasteiger partial charge in [0.15, 0.2) is 0 Å². The first-order valence-electron chi connectivity index (χ1n) is 8.03. The highest BCUT2D eigenvalue weighted by Crippen LogP contribution is 2.24. The first-order chi connectivity index (χ1) is 12.2. The summed E-state index contributed by atoms with van der Waals surface area (Å²) < 4.78 is 2.03. The molecule has 0 spiro atoms. The third kappa shape index (κ3) is 3.47. The summed E-state index contributed by atoms with van der Waals surface area (Å²) in [5.74, 6) is 0. The zero-order valence-corrected chi connectivity index (χ0v) is 14.5. The van der Waals surface area contributed by atoms with Crippen molar-refractivity contribution in [3.8, 4) is 11.3 Å². The molecule has 2 heterocycles. The first-order valence-corrected chi connectivity index (χ1v) is 8.41. The number of hydrogen-bond acceptors (Lipinski definition) is 2. The van der Waals surface area contributed by atoms with E-state index in [0.29, 0.717) is 0 Å². The predicted octanol–water partition coefficient (Wildman–Crippen LogP) is 5.71. The molecule has 0 amide bonds. The van der Waals surface area contributed by atoms with Crippen LogP contribution in [-0.4, -0.2) is 15.6 Å². The number of aliphatic imine (C=N–C) groups is 1. The van der Waals surface area contributed by atoms with Crippen LogP contribution < -0.4 is 0 Å². The Morgan fingerprint density at radius 3 is 2.72 bits per heavy atom. The van der Waals surface area contributed by atoms with Gasteiger partial charge < -0.3 is 4.40 Å². The lowest BCUT2D eigenvalue weighted by atomic mass is 10.1. The topological polar surface area (TPSA) is 29.7 Å². The van der Waals surface area contributed by atoms with Gasteiger partial charge in [0.25, 0.3) is 0 Å². The number of rotatable bonds is 3. The Balaban J connectivity index is 1.65. The van der Waals surface area contributed by atoms with Crippen LogP contribution in [-0.2, 0) is 0 Å². The molecule has 3 nitrogen and oxygen atoms in total. The van der Waals surface area contributed by atoms with Crippen LogP contribution in [0.25, 0.3) is 16.9 Å². The van der Waals surface area contributed by atoms with Crippen LogP contribution in [0.3, 0.4) is 0 Å². The summed E-state index contributed by atoms with van der Waals surface area (Å²) >= 11 is 5.91. The van der Waals surface area contributed by atoms with Crippen LogP contribution in [0.1, 0.15) is 11.1 Å². The van der Waals surface area contributed by atoms with E-state index >= 15 is 0 Å². The smallest absolute Gasteiger partial charge is 0.137 e. The van der Waals surface area contributed by atoms with Crippen molar-refractivity contribution in [2.24, 2.45) is 4.99 Å². The van der Waals surface area contributed by atoms with E-state index < -0.39 is 0 Å². The number of imidazole rings is 1. The summed E-state index contributed by atoms with van der Waals surface area (Å²) in [6.07, 6.45) is 5.91. The second-order valence-corrected chi connectivity index (χ2v) is 6.39. The molecule has 4 rings (SSSR count). The van der Waals surface area contributed by atoms with E-state index in [-0.39, 0.29) is 0 Å². The zero-order chi connectivity index (χ0) is 17.2. The lowest BCUT2D eigenvalue weighted by molar-refractivity contribution is 1.17. The first kappa shape index (κ1) is 15.6. The fourth-order valence-electron chi connectivity index (χ4n) is 2.67. The van der Waals surface area contributed by atoms with E-state index in [0.717, 1.165) is 33.2 Å². The summed E-state index contributed by atoms with van der Waals surface area (Å²) in [4.78, 5) is 9.27. The Morgan fingerprint density at radius 2 is 1.88 bits per heavy atom. The van der Waals surface area contributed by atoms with Crippen LogP contribution in [0.2, 0.25) is 5.02 Å². The van der Waals surface area contributed by atoms with Crippen molar-refractivity contribution < 1.29 is 0 Å². The quantitative estimate of drug-likeness (QED) is 0.437. The second kappa shape index (κ2) is 6.54. The molecule has 25 heavy (non-hydrogen) atoms. The average molecular weight is 346 g/mol. The highest BCUT2D eigenvalue weighted by Gasteiger charge is 2.05. The summed E-state index contributed by atoms with van der Waals surface area (Å²) in [7, 11) is 0. The third-order valence-corrected chi connectivity index (χ3v) is 4.24. The lowest BCUT2D eigenvalue weighted by Gasteiger charge is -1.99. The van der Waals surface area contributed by atoms with E-state index in [1.165, 1.54) is 5.56 Å². The van der Waals surface area contributed by atoms with E-state index in [1.54, 1.807) is 0 Å². The molecule has 0 unspecified atom stereocenters. The van der Waals surface area contributed by atoms with E-state index in [9.17, 15) is 0 Å². The summed E-state index contributed by atoms with van der Waals surface area (Å²) in [5, 5.41) is 0.723. The van der Waals surface area contributed by atoms with Crippen LogP contribution in [0.4, 0.5) is 5.69 Å². The van der Waals surface area contributed by atoms with Gasteiger partial charge in [-0.15, -0.1) is 0 Å². The van der Waals surface area contributed by atoms with Gasteiger partial charge >= 0.3 is 0 Å². The van der Waals surface area contributed by atoms with Gasteiger partial charge in [-0.3, -0.25) is 4.99 Å². The molecule has 0 aliphatic rings. The van der Waals surface area contributed by atoms with Crippen molar-refractivity contribution in [3.63, 3.8) is 0 Å². The fourth-order valence-corrected chi connectivity index (χ4v) is 2.79. The Morgan fingerprint density at radius 1 is 1.04 bits per heavy atom. The monoisotopic (exact) mass is 345 g/mol. The van der Waals surface area contributed by atoms with Gasteiger partial charge in [0.2, 0.25) is 0 Å². The van der Waals surface area contributed by atoms with Gasteiger partial charge in [-0.05, 0) is 54.4 Å². The molecule has 0 fully saturated rings. The number of halogens is 1. The van der Waals surface area contributed by atoms with Gasteiger partial charge in [0.1, 0.15) is 5.65 Å². The lowest BCUT2D eigenvalue weighted by Crippen LogP contribution is -1.81. The number of pyridine rings is 1. The van der Waals surface area contributed by atoms with Crippen molar-refractivity contribution in [1.82, 2.24) is 9.38 Å². The van der Waals surface area contributed by atoms with Gasteiger partial charge in [-0.25, -0.2) is 4.98 Å². The standard InChI is InChI=1S/C21H16ClN3/c1-15-9-10-25-14-20(24-21(25)11-15)17-3-2-4-19(12-17)23-13-16-5-7-18(22)8-6-16/h2-14H,1H3. The number of benzene rings is 2. The molecule has 122 valence electrons. The van der Waals surface area contributed by atoms with Crippen LogP contribution in [0.5, 0.6) is 0 Å². The number of aromatic nitrogens is 2. The molecule has 4 aromatic rings. The second-order valence-electron chi connectivity index (χ2n) is 5.96. The van der Waals surface area contributed by atoms with E-state index in [2.05, 4.69) is 30.1 Å². The van der Waals surface area contributed by atoms with E-state index in [1.807, 2.05) is 65.5 Å². The van der Waals surface area contributed by atoms with Crippen molar-refractivity contribution in [2.45, 2.75) is 6.92 Å². The van der Waals surface area contributed by atoms with Gasteiger partial charge in [-0.2, -0.15) is 0 Å². The molecular weight excluding hydrogens is 330 g/mol. The maximum atomic E-state index is 5.91. The fraction of sp³-hybridized carbons (Fsp3) is 0.0476. The average Bonchev–Trinajstić information content (AvgIpc) is 3.05. The summed E-state index contributed by atoms with van der Waals surface area (Å²) in [6, 6.07) is 19.8. The maximum absolute atomic E-state index is 5.91. The minimum atomic E-state index is 0.723. The van der Waals surface area contributed by atoms with Gasteiger partial charge in [0, 0.05) is 29.2 Å². The SMILES string of the molecule is Cc1ccn2cc(-c3cccc(N=Cc4ccc(Cl)cc4)c3)nc2c1. The minimum absolute atomic E-state index is 0.723. The molecular formula is C21H16ClN3. The molecule has 2 aromatic carbocycles. The minimum Gasteiger partial charge on any atom is -0.306 e. The summed E-state index contributed by atoms with van der Waals surface area (Å²) in [6.45, 7) is 2.07. The number of nitrogens with zero attached hydrogens (tertiary/aromatic N) is 3. The van der Waals surface area contributed by atoms with Crippen LogP contribution >= 0.6 is 11.6 Å². The molecule has 0 saturated carbocycles. The third-order valence-electron chi connectivity index (χ3n) is 3.99. The van der Waals surface area contributed by atoms with Crippen LogP contribution in [0, 0.1) is 6.92 Å². The van der Waals surface area contributed by atoms with Gasteiger partial charge in [-0.1, -0.05) is 35.9 Å². The Kier molecular flexibility index (Phi) is 4.08. The molecule has 0 N–H and O–H groups in total. The molecule has 0 aliphatic carbocycles. The van der Waals surface area contributed by atoms with Crippen molar-refractivity contribution in [3.05, 3.63) is 89.2 Å². The molecule has 0 atom stereocenters. The highest BCUT2D eigenvalue weighted by atomic mass is 35.5. The van der Waals surface area contributed by atoms with Crippen molar-refractivity contribution >= 4 is 29.2 Å². The van der Waals surface area contributed by atoms with Gasteiger partial charge in [0.05, 0.1) is 11.4 Å². The molecule has 0 saturated heterocycles. The van der Waals surface area contributed by atoms with Crippen molar-refractivity contribution in [1.29, 1.82) is 0 Å². The number of aryl methyl sites for hydroxylation is 1. The molecule has 0 radical (unpaired) electrons. The highest BCUT2D eigenvalue weighted by molar-refractivity contribution is 6.30. The number of fused-ring (bicyclic) bond motifs is 1. The maximum Gasteiger partial charge on any atom is 0.137 e. The van der Waals surface area contributed by atoms with Crippen molar-refractivity contribution in [2.75, 3.05) is 0 Å². The summed E-state index contributed by atoms with van der Waals surface area (Å²) in [5.41, 5.74) is 6.04. The molecule has 0 aliphatic heterocycles. The normalized spacial score (nSPS) is 11.4. The largest absolute Gasteiger partial charge is 0.306 e. The molecule has 4 heteroatoms. The predicted molar refractivity (Wildman–Crippen MR) is 104 cm³/mol. The van der Waals surface area contributed by atoms with Crippen LogP contribution in [0.15, 0.2) is 78.0 Å². The van der Waals surface area contributed by atoms with E-state index in [4.69, 9.17) is 16.6 Å². The zero-order valence-electron chi connectivity index (χ0n) is 13.7. The Bertz CT molecular complexity index is 1060. The Labute approximate surface area is 151 Å². The molecule has 2 aromatic heterocycles. The number of hydrogen-bond donors (Lipinski definition) is 0.